The number of rotatable bonds is 4. The molecule has 0 radical (unpaired) electrons. The highest BCUT2D eigenvalue weighted by Gasteiger charge is 2.29. The zero-order valence-electron chi connectivity index (χ0n) is 11.0. The van der Waals surface area contributed by atoms with Crippen molar-refractivity contribution < 1.29 is 0 Å². The highest BCUT2D eigenvalue weighted by molar-refractivity contribution is 4.86. The maximum absolute atomic E-state index is 3.63. The lowest BCUT2D eigenvalue weighted by molar-refractivity contribution is 0.125. The van der Waals surface area contributed by atoms with Gasteiger partial charge in [-0.3, -0.25) is 0 Å². The summed E-state index contributed by atoms with van der Waals surface area (Å²) in [6, 6.07) is 2.53. The van der Waals surface area contributed by atoms with Crippen LogP contribution in [0, 0.1) is 0 Å². The third-order valence-corrected chi connectivity index (χ3v) is 4.62. The molecule has 0 aliphatic heterocycles. The molecule has 2 aliphatic rings. The maximum atomic E-state index is 3.63. The lowest BCUT2D eigenvalue weighted by atomic mass is 9.89. The van der Waals surface area contributed by atoms with Gasteiger partial charge in [-0.1, -0.05) is 26.2 Å². The zero-order chi connectivity index (χ0) is 11.4. The van der Waals surface area contributed by atoms with Gasteiger partial charge in [-0.15, -0.1) is 0 Å². The lowest BCUT2D eigenvalue weighted by Crippen LogP contribution is -2.46. The Morgan fingerprint density at radius 1 is 1.00 bits per heavy atom. The van der Waals surface area contributed by atoms with Crippen LogP contribution in [-0.2, 0) is 0 Å². The summed E-state index contributed by atoms with van der Waals surface area (Å²) in [4.78, 5) is 2.70. The Balaban J connectivity index is 1.82. The van der Waals surface area contributed by atoms with Crippen molar-refractivity contribution in [1.82, 2.24) is 10.2 Å². The predicted octanol–water partition coefficient (Wildman–Crippen LogP) is 2.78. The second-order valence-electron chi connectivity index (χ2n) is 5.68. The van der Waals surface area contributed by atoms with E-state index in [4.69, 9.17) is 0 Å². The molecule has 1 N–H and O–H groups in total. The van der Waals surface area contributed by atoms with Crippen LogP contribution < -0.4 is 5.32 Å². The summed E-state index contributed by atoms with van der Waals surface area (Å²) in [7, 11) is 2.37. The van der Waals surface area contributed by atoms with Crippen molar-refractivity contribution in [2.45, 2.75) is 76.4 Å². The molecule has 2 nitrogen and oxygen atoms in total. The molecule has 94 valence electrons. The quantitative estimate of drug-likeness (QED) is 0.790. The second kappa shape index (κ2) is 6.02. The van der Waals surface area contributed by atoms with E-state index in [1.54, 1.807) is 0 Å². The molecule has 0 saturated heterocycles. The third-order valence-electron chi connectivity index (χ3n) is 4.62. The molecule has 16 heavy (non-hydrogen) atoms. The first-order chi connectivity index (χ1) is 7.81. The smallest absolute Gasteiger partial charge is 0.0110 e. The first kappa shape index (κ1) is 12.4. The Labute approximate surface area is 101 Å². The highest BCUT2D eigenvalue weighted by atomic mass is 15.2. The molecule has 0 amide bonds. The van der Waals surface area contributed by atoms with Crippen LogP contribution >= 0.6 is 0 Å². The van der Waals surface area contributed by atoms with E-state index < -0.39 is 0 Å². The molecule has 0 spiro atoms. The van der Waals surface area contributed by atoms with Gasteiger partial charge in [0.25, 0.3) is 0 Å². The van der Waals surface area contributed by atoms with Crippen molar-refractivity contribution in [3.05, 3.63) is 0 Å². The SMILES string of the molecule is CCNC1CCCC(N(C)C2CCCC2)C1. The highest BCUT2D eigenvalue weighted by Crippen LogP contribution is 2.29. The normalized spacial score (nSPS) is 32.4. The van der Waals surface area contributed by atoms with Gasteiger partial charge in [-0.25, -0.2) is 0 Å². The van der Waals surface area contributed by atoms with E-state index >= 15 is 0 Å². The Bertz CT molecular complexity index is 197. The Morgan fingerprint density at radius 3 is 2.38 bits per heavy atom. The summed E-state index contributed by atoms with van der Waals surface area (Å²) in [5.74, 6) is 0. The molecule has 2 unspecified atom stereocenters. The Morgan fingerprint density at radius 2 is 1.69 bits per heavy atom. The summed E-state index contributed by atoms with van der Waals surface area (Å²) in [6.07, 6.45) is 11.4. The van der Waals surface area contributed by atoms with Crippen molar-refractivity contribution >= 4 is 0 Å². The monoisotopic (exact) mass is 224 g/mol. The minimum absolute atomic E-state index is 0.785. The van der Waals surface area contributed by atoms with Gasteiger partial charge in [-0.2, -0.15) is 0 Å². The van der Waals surface area contributed by atoms with E-state index in [1.807, 2.05) is 0 Å². The molecule has 2 fully saturated rings. The van der Waals surface area contributed by atoms with Crippen molar-refractivity contribution in [2.24, 2.45) is 0 Å². The molecule has 2 aliphatic carbocycles. The van der Waals surface area contributed by atoms with E-state index in [9.17, 15) is 0 Å². The van der Waals surface area contributed by atoms with Gasteiger partial charge in [-0.05, 0) is 45.7 Å². The summed E-state index contributed by atoms with van der Waals surface area (Å²) in [5.41, 5.74) is 0. The molecule has 0 aromatic heterocycles. The van der Waals surface area contributed by atoms with Crippen LogP contribution in [0.3, 0.4) is 0 Å². The first-order valence-corrected chi connectivity index (χ1v) is 7.26. The fourth-order valence-corrected chi connectivity index (χ4v) is 3.62. The van der Waals surface area contributed by atoms with Gasteiger partial charge in [0, 0.05) is 18.1 Å². The number of hydrogen-bond acceptors (Lipinski definition) is 2. The van der Waals surface area contributed by atoms with Crippen LogP contribution in [0.15, 0.2) is 0 Å². The Kier molecular flexibility index (Phi) is 4.66. The maximum Gasteiger partial charge on any atom is 0.0110 e. The average Bonchev–Trinajstić information content (AvgIpc) is 2.82. The Hall–Kier alpha value is -0.0800. The van der Waals surface area contributed by atoms with Gasteiger partial charge in [0.15, 0.2) is 0 Å². The number of nitrogens with zero attached hydrogens (tertiary/aromatic N) is 1. The van der Waals surface area contributed by atoms with Crippen molar-refractivity contribution in [3.63, 3.8) is 0 Å². The van der Waals surface area contributed by atoms with E-state index in [2.05, 4.69) is 24.2 Å². The van der Waals surface area contributed by atoms with Crippen LogP contribution in [-0.4, -0.2) is 36.6 Å². The fraction of sp³-hybridized carbons (Fsp3) is 1.00. The number of nitrogens with one attached hydrogen (secondary N) is 1. The minimum atomic E-state index is 0.785. The summed E-state index contributed by atoms with van der Waals surface area (Å²) < 4.78 is 0. The van der Waals surface area contributed by atoms with Crippen molar-refractivity contribution in [1.29, 1.82) is 0 Å². The molecule has 2 heteroatoms. The first-order valence-electron chi connectivity index (χ1n) is 7.26. The molecule has 0 aromatic carbocycles. The van der Waals surface area contributed by atoms with Gasteiger partial charge < -0.3 is 10.2 Å². The van der Waals surface area contributed by atoms with Crippen LogP contribution in [0.2, 0.25) is 0 Å². The van der Waals surface area contributed by atoms with Gasteiger partial charge in [0.05, 0.1) is 0 Å². The molecule has 2 saturated carbocycles. The molecule has 0 bridgehead atoms. The van der Waals surface area contributed by atoms with Gasteiger partial charge in [0.2, 0.25) is 0 Å². The van der Waals surface area contributed by atoms with Gasteiger partial charge >= 0.3 is 0 Å². The molecule has 2 atom stereocenters. The van der Waals surface area contributed by atoms with Crippen LogP contribution in [0.5, 0.6) is 0 Å². The topological polar surface area (TPSA) is 15.3 Å². The summed E-state index contributed by atoms with van der Waals surface area (Å²) in [6.45, 7) is 3.36. The van der Waals surface area contributed by atoms with Gasteiger partial charge in [0.1, 0.15) is 0 Å². The molecule has 0 heterocycles. The molecule has 0 aromatic rings. The van der Waals surface area contributed by atoms with E-state index in [-0.39, 0.29) is 0 Å². The van der Waals surface area contributed by atoms with Crippen LogP contribution in [0.4, 0.5) is 0 Å². The zero-order valence-corrected chi connectivity index (χ0v) is 11.0. The molecular formula is C14H28N2. The average molecular weight is 224 g/mol. The largest absolute Gasteiger partial charge is 0.314 e. The van der Waals surface area contributed by atoms with E-state index in [0.29, 0.717) is 0 Å². The second-order valence-corrected chi connectivity index (χ2v) is 5.68. The standard InChI is InChI=1S/C14H28N2/c1-3-15-12-7-6-10-14(11-12)16(2)13-8-4-5-9-13/h12-15H,3-11H2,1-2H3. The summed E-state index contributed by atoms with van der Waals surface area (Å²) >= 11 is 0. The van der Waals surface area contributed by atoms with Crippen molar-refractivity contribution in [2.75, 3.05) is 13.6 Å². The molecule has 2 rings (SSSR count). The lowest BCUT2D eigenvalue weighted by Gasteiger charge is -2.38. The van der Waals surface area contributed by atoms with Crippen molar-refractivity contribution in [3.8, 4) is 0 Å². The minimum Gasteiger partial charge on any atom is -0.314 e. The van der Waals surface area contributed by atoms with E-state index in [1.165, 1.54) is 51.4 Å². The fourth-order valence-electron chi connectivity index (χ4n) is 3.62. The third kappa shape index (κ3) is 2.98. The number of hydrogen-bond donors (Lipinski definition) is 1. The van der Waals surface area contributed by atoms with Crippen LogP contribution in [0.25, 0.3) is 0 Å². The molecular weight excluding hydrogens is 196 g/mol. The van der Waals surface area contributed by atoms with E-state index in [0.717, 1.165) is 24.7 Å². The predicted molar refractivity (Wildman–Crippen MR) is 69.7 cm³/mol. The van der Waals surface area contributed by atoms with Crippen LogP contribution in [0.1, 0.15) is 58.3 Å². The summed E-state index contributed by atoms with van der Waals surface area (Å²) in [5, 5.41) is 3.63.